The van der Waals surface area contributed by atoms with Gasteiger partial charge in [-0.2, -0.15) is 4.98 Å². The van der Waals surface area contributed by atoms with E-state index in [1.54, 1.807) is 13.0 Å². The molecule has 8 nitrogen and oxygen atoms in total. The highest BCUT2D eigenvalue weighted by Gasteiger charge is 2.16. The second kappa shape index (κ2) is 5.29. The number of anilines is 2. The van der Waals surface area contributed by atoms with E-state index in [0.29, 0.717) is 5.69 Å². The monoisotopic (exact) mass is 295 g/mol. The van der Waals surface area contributed by atoms with Crippen molar-refractivity contribution in [1.29, 1.82) is 0 Å². The average molecular weight is 295 g/mol. The van der Waals surface area contributed by atoms with Gasteiger partial charge >= 0.3 is 0 Å². The van der Waals surface area contributed by atoms with E-state index in [-0.39, 0.29) is 22.5 Å². The number of aromatic nitrogens is 3. The molecule has 0 amide bonds. The number of sulfonamides is 1. The van der Waals surface area contributed by atoms with Crippen molar-refractivity contribution in [2.24, 2.45) is 0 Å². The number of nitrogens with one attached hydrogen (secondary N) is 1. The SMILES string of the molecule is COc1cc(C)nc(NS(=O)(=O)c2ccc(N)nc2)n1. The van der Waals surface area contributed by atoms with Crippen LogP contribution in [0.15, 0.2) is 29.3 Å². The second-order valence-corrected chi connectivity index (χ2v) is 5.58. The van der Waals surface area contributed by atoms with Gasteiger partial charge in [0.05, 0.1) is 7.11 Å². The molecule has 2 aromatic heterocycles. The number of hydrogen-bond acceptors (Lipinski definition) is 7. The quantitative estimate of drug-likeness (QED) is 0.846. The number of ether oxygens (including phenoxy) is 1. The van der Waals surface area contributed by atoms with E-state index in [4.69, 9.17) is 10.5 Å². The Morgan fingerprint density at radius 3 is 2.65 bits per heavy atom. The molecule has 0 atom stereocenters. The van der Waals surface area contributed by atoms with Crippen molar-refractivity contribution in [2.75, 3.05) is 17.6 Å². The van der Waals surface area contributed by atoms with Crippen molar-refractivity contribution in [2.45, 2.75) is 11.8 Å². The molecule has 2 rings (SSSR count). The van der Waals surface area contributed by atoms with Gasteiger partial charge in [0.15, 0.2) is 0 Å². The summed E-state index contributed by atoms with van der Waals surface area (Å²) in [7, 11) is -2.39. The highest BCUT2D eigenvalue weighted by atomic mass is 32.2. The zero-order valence-corrected chi connectivity index (χ0v) is 11.7. The van der Waals surface area contributed by atoms with Gasteiger partial charge in [-0.05, 0) is 19.1 Å². The van der Waals surface area contributed by atoms with Crippen LogP contribution in [0.1, 0.15) is 5.69 Å². The molecular formula is C11H13N5O3S. The number of nitrogens with two attached hydrogens (primary N) is 1. The predicted molar refractivity (Wildman–Crippen MR) is 72.8 cm³/mol. The Balaban J connectivity index is 2.33. The fraction of sp³-hybridized carbons (Fsp3) is 0.182. The van der Waals surface area contributed by atoms with Crippen LogP contribution in [0.4, 0.5) is 11.8 Å². The lowest BCUT2D eigenvalue weighted by atomic mass is 10.4. The van der Waals surface area contributed by atoms with Gasteiger partial charge in [-0.3, -0.25) is 0 Å². The molecule has 0 aliphatic carbocycles. The van der Waals surface area contributed by atoms with E-state index in [0.717, 1.165) is 6.20 Å². The molecule has 9 heteroatoms. The molecular weight excluding hydrogens is 282 g/mol. The molecule has 2 aromatic rings. The number of hydrogen-bond donors (Lipinski definition) is 2. The van der Waals surface area contributed by atoms with Crippen molar-refractivity contribution in [3.05, 3.63) is 30.1 Å². The second-order valence-electron chi connectivity index (χ2n) is 3.90. The summed E-state index contributed by atoms with van der Waals surface area (Å²) in [4.78, 5) is 11.6. The number of rotatable bonds is 4. The first-order chi connectivity index (χ1) is 9.40. The molecule has 0 aliphatic heterocycles. The summed E-state index contributed by atoms with van der Waals surface area (Å²) in [6, 6.07) is 4.33. The number of aryl methyl sites for hydroxylation is 1. The van der Waals surface area contributed by atoms with Crippen LogP contribution < -0.4 is 15.2 Å². The van der Waals surface area contributed by atoms with Gasteiger partial charge in [0.25, 0.3) is 10.0 Å². The molecule has 0 bridgehead atoms. The molecule has 0 aromatic carbocycles. The Morgan fingerprint density at radius 2 is 2.05 bits per heavy atom. The topological polar surface area (TPSA) is 120 Å². The smallest absolute Gasteiger partial charge is 0.265 e. The molecule has 3 N–H and O–H groups in total. The van der Waals surface area contributed by atoms with E-state index >= 15 is 0 Å². The average Bonchev–Trinajstić information content (AvgIpc) is 2.37. The third-order valence-corrected chi connectivity index (χ3v) is 3.65. The summed E-state index contributed by atoms with van der Waals surface area (Å²) < 4.78 is 31.4. The minimum absolute atomic E-state index is 0.0317. The molecule has 2 heterocycles. The first kappa shape index (κ1) is 14.0. The van der Waals surface area contributed by atoms with Crippen LogP contribution >= 0.6 is 0 Å². The zero-order chi connectivity index (χ0) is 14.8. The largest absolute Gasteiger partial charge is 0.481 e. The van der Waals surface area contributed by atoms with E-state index in [2.05, 4.69) is 19.7 Å². The van der Waals surface area contributed by atoms with E-state index in [1.807, 2.05) is 0 Å². The van der Waals surface area contributed by atoms with Gasteiger partial charge in [-0.25, -0.2) is 23.1 Å². The highest BCUT2D eigenvalue weighted by molar-refractivity contribution is 7.92. The molecule has 0 spiro atoms. The number of methoxy groups -OCH3 is 1. The highest BCUT2D eigenvalue weighted by Crippen LogP contribution is 2.16. The van der Waals surface area contributed by atoms with Crippen molar-refractivity contribution >= 4 is 21.8 Å². The van der Waals surface area contributed by atoms with Crippen LogP contribution in [0.3, 0.4) is 0 Å². The van der Waals surface area contributed by atoms with E-state index in [1.165, 1.54) is 19.2 Å². The Labute approximate surface area is 116 Å². The summed E-state index contributed by atoms with van der Waals surface area (Å²) in [5.74, 6) is 0.432. The molecule has 0 unspecified atom stereocenters. The molecule has 0 aliphatic rings. The molecule has 0 saturated heterocycles. The van der Waals surface area contributed by atoms with Gasteiger partial charge in [-0.15, -0.1) is 0 Å². The normalized spacial score (nSPS) is 11.1. The maximum absolute atomic E-state index is 12.1. The van der Waals surface area contributed by atoms with Gasteiger partial charge in [0.1, 0.15) is 10.7 Å². The van der Waals surface area contributed by atoms with Crippen molar-refractivity contribution in [1.82, 2.24) is 15.0 Å². The lowest BCUT2D eigenvalue weighted by Gasteiger charge is -2.08. The van der Waals surface area contributed by atoms with Crippen LogP contribution in [0.2, 0.25) is 0 Å². The third kappa shape index (κ3) is 3.12. The first-order valence-electron chi connectivity index (χ1n) is 5.55. The standard InChI is InChI=1S/C11H13N5O3S/c1-7-5-10(19-2)15-11(14-7)16-20(17,18)8-3-4-9(12)13-6-8/h3-6H,1-2H3,(H2,12,13)(H,14,15,16). The lowest BCUT2D eigenvalue weighted by molar-refractivity contribution is 0.397. The molecule has 0 fully saturated rings. The molecule has 106 valence electrons. The zero-order valence-electron chi connectivity index (χ0n) is 10.9. The van der Waals surface area contributed by atoms with Crippen LogP contribution in [-0.2, 0) is 10.0 Å². The van der Waals surface area contributed by atoms with Gasteiger partial charge < -0.3 is 10.5 Å². The van der Waals surface area contributed by atoms with Gasteiger partial charge in [-0.1, -0.05) is 0 Å². The number of nitrogen functional groups attached to an aromatic ring is 1. The molecule has 20 heavy (non-hydrogen) atoms. The van der Waals surface area contributed by atoms with Crippen LogP contribution in [-0.4, -0.2) is 30.5 Å². The van der Waals surface area contributed by atoms with Crippen LogP contribution in [0.5, 0.6) is 5.88 Å². The molecule has 0 radical (unpaired) electrons. The van der Waals surface area contributed by atoms with Gasteiger partial charge in [0.2, 0.25) is 11.8 Å². The Morgan fingerprint density at radius 1 is 1.30 bits per heavy atom. The summed E-state index contributed by atoms with van der Waals surface area (Å²) in [6.07, 6.45) is 1.16. The number of pyridine rings is 1. The summed E-state index contributed by atoms with van der Waals surface area (Å²) in [5.41, 5.74) is 5.99. The summed E-state index contributed by atoms with van der Waals surface area (Å²) in [5, 5.41) is 0. The Bertz CT molecular complexity index is 715. The predicted octanol–water partition coefficient (Wildman–Crippen LogP) is 0.572. The fourth-order valence-corrected chi connectivity index (χ4v) is 2.31. The Kier molecular flexibility index (Phi) is 3.70. The summed E-state index contributed by atoms with van der Waals surface area (Å²) in [6.45, 7) is 1.70. The number of nitrogens with zero attached hydrogens (tertiary/aromatic N) is 3. The van der Waals surface area contributed by atoms with E-state index < -0.39 is 10.0 Å². The van der Waals surface area contributed by atoms with Crippen molar-refractivity contribution < 1.29 is 13.2 Å². The van der Waals surface area contributed by atoms with E-state index in [9.17, 15) is 8.42 Å². The van der Waals surface area contributed by atoms with Crippen molar-refractivity contribution in [3.63, 3.8) is 0 Å². The first-order valence-corrected chi connectivity index (χ1v) is 7.03. The van der Waals surface area contributed by atoms with Crippen molar-refractivity contribution in [3.8, 4) is 5.88 Å². The summed E-state index contributed by atoms with van der Waals surface area (Å²) >= 11 is 0. The fourth-order valence-electron chi connectivity index (χ4n) is 1.42. The maximum atomic E-state index is 12.1. The van der Waals surface area contributed by atoms with Crippen LogP contribution in [0.25, 0.3) is 0 Å². The minimum Gasteiger partial charge on any atom is -0.481 e. The molecule has 0 saturated carbocycles. The maximum Gasteiger partial charge on any atom is 0.265 e. The Hall–Kier alpha value is -2.42. The van der Waals surface area contributed by atoms with Crippen LogP contribution in [0, 0.1) is 6.92 Å². The lowest BCUT2D eigenvalue weighted by Crippen LogP contribution is -2.16. The minimum atomic E-state index is -3.82. The third-order valence-electron chi connectivity index (χ3n) is 2.34. The van der Waals surface area contributed by atoms with Gasteiger partial charge in [0, 0.05) is 18.0 Å².